The fourth-order valence-corrected chi connectivity index (χ4v) is 4.09. The van der Waals surface area contributed by atoms with Crippen LogP contribution >= 0.6 is 12.6 Å². The molecule has 0 fully saturated rings. The predicted molar refractivity (Wildman–Crippen MR) is 97.5 cm³/mol. The van der Waals surface area contributed by atoms with Crippen LogP contribution in [0.4, 0.5) is 4.79 Å². The van der Waals surface area contributed by atoms with Gasteiger partial charge < -0.3 is 19.4 Å². The highest BCUT2D eigenvalue weighted by Crippen LogP contribution is 2.42. The van der Waals surface area contributed by atoms with Crippen molar-refractivity contribution >= 4 is 28.8 Å². The highest BCUT2D eigenvalue weighted by molar-refractivity contribution is 7.96. The van der Waals surface area contributed by atoms with E-state index < -0.39 is 0 Å². The predicted octanol–water partition coefficient (Wildman–Crippen LogP) is 3.89. The summed E-state index contributed by atoms with van der Waals surface area (Å²) in [4.78, 5) is 17.5. The maximum Gasteiger partial charge on any atom is 0.279 e. The van der Waals surface area contributed by atoms with E-state index in [0.717, 1.165) is 28.9 Å². The van der Waals surface area contributed by atoms with Crippen molar-refractivity contribution in [3.8, 4) is 11.5 Å². The summed E-state index contributed by atoms with van der Waals surface area (Å²) in [6.07, 6.45) is 0.812. The number of hydrogen-bond acceptors (Lipinski definition) is 3. The average molecular weight is 352 g/mol. The molecule has 1 atom stereocenters. The van der Waals surface area contributed by atoms with Crippen molar-refractivity contribution in [3.05, 3.63) is 59.3 Å². The van der Waals surface area contributed by atoms with Gasteiger partial charge in [-0.3, -0.25) is 4.79 Å². The van der Waals surface area contributed by atoms with Gasteiger partial charge in [-0.25, -0.2) is 0 Å². The van der Waals surface area contributed by atoms with Crippen molar-refractivity contribution < 1.29 is 14.3 Å². The molecule has 0 saturated heterocycles. The van der Waals surface area contributed by atoms with Crippen molar-refractivity contribution in [3.63, 3.8) is 0 Å². The number of nitrogens with zero attached hydrogens (tertiary/aromatic N) is 1. The van der Waals surface area contributed by atoms with E-state index in [-0.39, 0.29) is 18.1 Å². The molecule has 0 aliphatic carbocycles. The highest BCUT2D eigenvalue weighted by atomic mass is 32.1. The molecule has 3 aromatic rings. The van der Waals surface area contributed by atoms with Gasteiger partial charge in [-0.1, -0.05) is 36.9 Å². The topological polar surface area (TPSA) is 54.6 Å². The fourth-order valence-electron chi connectivity index (χ4n) is 3.88. The first-order valence-electron chi connectivity index (χ1n) is 8.21. The average Bonchev–Trinajstić information content (AvgIpc) is 3.24. The van der Waals surface area contributed by atoms with Crippen LogP contribution in [0, 0.1) is 0 Å². The molecule has 0 spiro atoms. The number of aromatic nitrogens is 1. The summed E-state index contributed by atoms with van der Waals surface area (Å²) in [5.41, 5.74) is 4.39. The number of amides is 1. The van der Waals surface area contributed by atoms with Gasteiger partial charge in [0, 0.05) is 23.1 Å². The zero-order valence-corrected chi connectivity index (χ0v) is 14.3. The SMILES string of the molecule is O=C(S)N1CCc2c([nH]c3ccccc23)C1c1ccc2c(c1)OCO2. The van der Waals surface area contributed by atoms with Gasteiger partial charge in [0.15, 0.2) is 11.5 Å². The van der Waals surface area contributed by atoms with Crippen LogP contribution in [0.15, 0.2) is 42.5 Å². The van der Waals surface area contributed by atoms with Gasteiger partial charge in [-0.05, 0) is 35.7 Å². The van der Waals surface area contributed by atoms with Gasteiger partial charge in [0.2, 0.25) is 6.79 Å². The molecule has 1 aromatic heterocycles. The van der Waals surface area contributed by atoms with Crippen LogP contribution in [0.5, 0.6) is 11.5 Å². The first-order valence-corrected chi connectivity index (χ1v) is 8.65. The number of nitrogens with one attached hydrogen (secondary N) is 1. The third kappa shape index (κ3) is 2.21. The quantitative estimate of drug-likeness (QED) is 0.653. The number of ether oxygens (including phenoxy) is 2. The Bertz CT molecular complexity index is 997. The first-order chi connectivity index (χ1) is 12.2. The molecule has 126 valence electrons. The van der Waals surface area contributed by atoms with E-state index in [9.17, 15) is 4.79 Å². The number of thiol groups is 1. The molecular formula is C19H16N2O3S. The molecule has 6 heteroatoms. The Labute approximate surface area is 149 Å². The first kappa shape index (κ1) is 14.7. The van der Waals surface area contributed by atoms with Crippen LogP contribution in [-0.2, 0) is 6.42 Å². The summed E-state index contributed by atoms with van der Waals surface area (Å²) in [7, 11) is 0. The summed E-state index contributed by atoms with van der Waals surface area (Å²) < 4.78 is 10.9. The second-order valence-corrected chi connectivity index (χ2v) is 6.69. The van der Waals surface area contributed by atoms with Crippen molar-refractivity contribution in [1.82, 2.24) is 9.88 Å². The second-order valence-electron chi connectivity index (χ2n) is 6.30. The van der Waals surface area contributed by atoms with Crippen LogP contribution < -0.4 is 9.47 Å². The lowest BCUT2D eigenvalue weighted by atomic mass is 9.92. The molecule has 25 heavy (non-hydrogen) atoms. The molecule has 2 aromatic carbocycles. The Hall–Kier alpha value is -2.60. The molecular weight excluding hydrogens is 336 g/mol. The van der Waals surface area contributed by atoms with E-state index in [2.05, 4.69) is 29.7 Å². The molecule has 1 unspecified atom stereocenters. The molecule has 0 bridgehead atoms. The molecule has 1 N–H and O–H groups in total. The molecule has 0 saturated carbocycles. The fraction of sp³-hybridized carbons (Fsp3) is 0.211. The van der Waals surface area contributed by atoms with Crippen molar-refractivity contribution in [2.24, 2.45) is 0 Å². The smallest absolute Gasteiger partial charge is 0.279 e. The van der Waals surface area contributed by atoms with Gasteiger partial charge in [-0.15, -0.1) is 0 Å². The summed E-state index contributed by atoms with van der Waals surface area (Å²) in [6, 6.07) is 13.9. The minimum atomic E-state index is -0.230. The Morgan fingerprint density at radius 3 is 2.88 bits per heavy atom. The van der Waals surface area contributed by atoms with E-state index in [0.29, 0.717) is 12.3 Å². The largest absolute Gasteiger partial charge is 0.454 e. The van der Waals surface area contributed by atoms with Crippen LogP contribution in [0.2, 0.25) is 0 Å². The molecule has 5 nitrogen and oxygen atoms in total. The van der Waals surface area contributed by atoms with E-state index >= 15 is 0 Å². The van der Waals surface area contributed by atoms with E-state index in [1.807, 2.05) is 30.3 Å². The normalized spacial score (nSPS) is 18.4. The molecule has 3 heterocycles. The summed E-state index contributed by atoms with van der Waals surface area (Å²) in [5.74, 6) is 1.45. The number of para-hydroxylation sites is 1. The number of aromatic amines is 1. The van der Waals surface area contributed by atoms with Crippen LogP contribution in [-0.4, -0.2) is 28.5 Å². The molecule has 2 aliphatic heterocycles. The minimum absolute atomic E-state index is 0.212. The number of H-pyrrole nitrogens is 1. The Kier molecular flexibility index (Phi) is 3.21. The molecule has 1 amide bonds. The zero-order chi connectivity index (χ0) is 17.0. The maximum atomic E-state index is 12.2. The third-order valence-corrected chi connectivity index (χ3v) is 5.25. The maximum absolute atomic E-state index is 12.2. The van der Waals surface area contributed by atoms with Gasteiger partial charge in [-0.2, -0.15) is 0 Å². The summed E-state index contributed by atoms with van der Waals surface area (Å²) >= 11 is 4.10. The number of benzene rings is 2. The highest BCUT2D eigenvalue weighted by Gasteiger charge is 2.34. The van der Waals surface area contributed by atoms with Crippen molar-refractivity contribution in [2.45, 2.75) is 12.5 Å². The molecule has 5 rings (SSSR count). The molecule has 0 radical (unpaired) electrons. The lowest BCUT2D eigenvalue weighted by molar-refractivity contribution is 0.173. The lowest BCUT2D eigenvalue weighted by Crippen LogP contribution is -2.37. The monoisotopic (exact) mass is 352 g/mol. The Morgan fingerprint density at radius 2 is 2.00 bits per heavy atom. The van der Waals surface area contributed by atoms with Crippen molar-refractivity contribution in [2.75, 3.05) is 13.3 Å². The molecule has 2 aliphatic rings. The van der Waals surface area contributed by atoms with E-state index in [4.69, 9.17) is 9.47 Å². The van der Waals surface area contributed by atoms with Gasteiger partial charge in [0.1, 0.15) is 0 Å². The second kappa shape index (κ2) is 5.46. The lowest BCUT2D eigenvalue weighted by Gasteiger charge is -2.35. The van der Waals surface area contributed by atoms with Gasteiger partial charge in [0.05, 0.1) is 6.04 Å². The van der Waals surface area contributed by atoms with Crippen LogP contribution in [0.1, 0.15) is 22.9 Å². The summed E-state index contributed by atoms with van der Waals surface area (Å²) in [6.45, 7) is 0.868. The zero-order valence-electron chi connectivity index (χ0n) is 13.4. The summed E-state index contributed by atoms with van der Waals surface area (Å²) in [5, 5.41) is 0.987. The number of hydrogen-bond donors (Lipinski definition) is 2. The van der Waals surface area contributed by atoms with E-state index in [1.54, 1.807) is 4.90 Å². The Morgan fingerprint density at radius 1 is 1.16 bits per heavy atom. The number of carbonyl (C=O) groups excluding carboxylic acids is 1. The van der Waals surface area contributed by atoms with Crippen LogP contribution in [0.25, 0.3) is 10.9 Å². The standard InChI is InChI=1S/C19H16N2O3S/c22-19(25)21-8-7-13-12-3-1-2-4-14(12)20-17(13)18(21)11-5-6-15-16(9-11)24-10-23-15/h1-6,9,18,20H,7-8,10H2,(H,22,25). The number of rotatable bonds is 1. The van der Waals surface area contributed by atoms with Gasteiger partial charge >= 0.3 is 0 Å². The Balaban J connectivity index is 1.71. The van der Waals surface area contributed by atoms with E-state index in [1.165, 1.54) is 10.9 Å². The number of fused-ring (bicyclic) bond motifs is 4. The van der Waals surface area contributed by atoms with Crippen molar-refractivity contribution in [1.29, 1.82) is 0 Å². The third-order valence-electron chi connectivity index (χ3n) is 4.99. The minimum Gasteiger partial charge on any atom is -0.454 e. The number of carbonyl (C=O) groups is 1. The van der Waals surface area contributed by atoms with Crippen LogP contribution in [0.3, 0.4) is 0 Å². The van der Waals surface area contributed by atoms with Gasteiger partial charge in [0.25, 0.3) is 5.24 Å².